The maximum absolute atomic E-state index is 10.4. The topological polar surface area (TPSA) is 64.3 Å². The van der Waals surface area contributed by atoms with E-state index in [1.165, 1.54) is 0 Å². The second-order valence-corrected chi connectivity index (χ2v) is 4.15. The molecule has 0 bridgehead atoms. The lowest BCUT2D eigenvalue weighted by atomic mass is 10.1. The molecule has 1 heterocycles. The van der Waals surface area contributed by atoms with Gasteiger partial charge in [0.05, 0.1) is 12.4 Å². The van der Waals surface area contributed by atoms with E-state index in [0.717, 1.165) is 23.0 Å². The molecule has 1 N–H and O–H groups in total. The van der Waals surface area contributed by atoms with E-state index in [9.17, 15) is 4.79 Å². The van der Waals surface area contributed by atoms with Gasteiger partial charge < -0.3 is 9.84 Å². The molecule has 0 unspecified atom stereocenters. The van der Waals surface area contributed by atoms with Gasteiger partial charge in [0, 0.05) is 13.1 Å². The number of carboxylic acids is 1. The van der Waals surface area contributed by atoms with E-state index < -0.39 is 5.97 Å². The van der Waals surface area contributed by atoms with Crippen molar-refractivity contribution in [1.29, 1.82) is 0 Å². The van der Waals surface area contributed by atoms with Gasteiger partial charge in [-0.1, -0.05) is 6.07 Å². The zero-order chi connectivity index (χ0) is 13.8. The minimum atomic E-state index is -0.965. The first-order valence-corrected chi connectivity index (χ1v) is 5.73. The van der Waals surface area contributed by atoms with E-state index in [4.69, 9.17) is 9.84 Å². The summed E-state index contributed by atoms with van der Waals surface area (Å²) in [5.41, 5.74) is 1.75. The number of nitrogens with zero attached hydrogens (tertiary/aromatic N) is 2. The molecule has 0 saturated carbocycles. The normalized spacial score (nSPS) is 10.8. The molecule has 0 amide bonds. The van der Waals surface area contributed by atoms with Gasteiger partial charge >= 0.3 is 5.97 Å². The van der Waals surface area contributed by atoms with Crippen LogP contribution in [-0.2, 0) is 11.8 Å². The van der Waals surface area contributed by atoms with Crippen LogP contribution in [0.25, 0.3) is 6.08 Å². The minimum Gasteiger partial charge on any atom is -0.478 e. The van der Waals surface area contributed by atoms with Crippen molar-refractivity contribution in [2.75, 3.05) is 0 Å². The molecule has 0 spiro atoms. The number of hydrogen-bond acceptors (Lipinski definition) is 3. The van der Waals surface area contributed by atoms with Crippen molar-refractivity contribution < 1.29 is 14.6 Å². The molecule has 98 valence electrons. The van der Waals surface area contributed by atoms with E-state index in [0.29, 0.717) is 5.75 Å². The number of ether oxygens (including phenoxy) is 1. The van der Waals surface area contributed by atoms with E-state index in [2.05, 4.69) is 5.10 Å². The summed E-state index contributed by atoms with van der Waals surface area (Å²) in [6.45, 7) is 1.91. The first kappa shape index (κ1) is 12.9. The van der Waals surface area contributed by atoms with Crippen molar-refractivity contribution in [3.63, 3.8) is 0 Å². The quantitative estimate of drug-likeness (QED) is 0.856. The number of rotatable bonds is 4. The van der Waals surface area contributed by atoms with Gasteiger partial charge in [-0.2, -0.15) is 5.10 Å². The summed E-state index contributed by atoms with van der Waals surface area (Å²) >= 11 is 0. The summed E-state index contributed by atoms with van der Waals surface area (Å²) < 4.78 is 7.35. The molecule has 5 nitrogen and oxygen atoms in total. The summed E-state index contributed by atoms with van der Waals surface area (Å²) in [7, 11) is 1.82. The maximum atomic E-state index is 10.4. The molecule has 0 aliphatic carbocycles. The Balaban J connectivity index is 2.17. The molecule has 0 atom stereocenters. The highest BCUT2D eigenvalue weighted by Crippen LogP contribution is 2.25. The van der Waals surface area contributed by atoms with Crippen LogP contribution in [0.4, 0.5) is 0 Å². The van der Waals surface area contributed by atoms with Gasteiger partial charge in [-0.3, -0.25) is 4.68 Å². The van der Waals surface area contributed by atoms with Crippen LogP contribution in [0.15, 0.2) is 36.7 Å². The van der Waals surface area contributed by atoms with Crippen molar-refractivity contribution in [3.05, 3.63) is 47.8 Å². The number of carboxylic acid groups (broad SMARTS) is 1. The van der Waals surface area contributed by atoms with Crippen LogP contribution in [0.3, 0.4) is 0 Å². The zero-order valence-corrected chi connectivity index (χ0v) is 10.7. The van der Waals surface area contributed by atoms with Crippen LogP contribution < -0.4 is 4.74 Å². The fourth-order valence-electron chi connectivity index (χ4n) is 1.64. The number of benzene rings is 1. The van der Waals surface area contributed by atoms with E-state index in [1.807, 2.05) is 26.1 Å². The highest BCUT2D eigenvalue weighted by Gasteiger charge is 2.03. The highest BCUT2D eigenvalue weighted by molar-refractivity contribution is 5.85. The molecule has 5 heteroatoms. The molecular formula is C14H14N2O3. The van der Waals surface area contributed by atoms with Crippen molar-refractivity contribution in [3.8, 4) is 11.5 Å². The molecule has 0 radical (unpaired) electrons. The maximum Gasteiger partial charge on any atom is 0.328 e. The SMILES string of the molecule is Cc1cc(/C=C/C(=O)O)ccc1Oc1cnn(C)c1. The molecular weight excluding hydrogens is 244 g/mol. The molecule has 1 aromatic heterocycles. The predicted molar refractivity (Wildman–Crippen MR) is 71.1 cm³/mol. The van der Waals surface area contributed by atoms with Gasteiger partial charge in [0.25, 0.3) is 0 Å². The van der Waals surface area contributed by atoms with Gasteiger partial charge in [0.2, 0.25) is 0 Å². The molecule has 0 aliphatic heterocycles. The molecule has 19 heavy (non-hydrogen) atoms. The van der Waals surface area contributed by atoms with Crippen LogP contribution in [-0.4, -0.2) is 20.9 Å². The smallest absolute Gasteiger partial charge is 0.328 e. The lowest BCUT2D eigenvalue weighted by Crippen LogP contribution is -1.89. The average Bonchev–Trinajstić information content (AvgIpc) is 2.75. The predicted octanol–water partition coefficient (Wildman–Crippen LogP) is 2.62. The Hall–Kier alpha value is -2.56. The van der Waals surface area contributed by atoms with Crippen LogP contribution in [0.5, 0.6) is 11.5 Å². The fraction of sp³-hybridized carbons (Fsp3) is 0.143. The van der Waals surface area contributed by atoms with Crippen LogP contribution in [0.2, 0.25) is 0 Å². The standard InChI is InChI=1S/C14H14N2O3/c1-10-7-11(4-6-14(17)18)3-5-13(10)19-12-8-15-16(2)9-12/h3-9H,1-2H3,(H,17,18)/b6-4+. The summed E-state index contributed by atoms with van der Waals surface area (Å²) in [6, 6.07) is 5.48. The Bertz CT molecular complexity index is 629. The molecule has 2 rings (SSSR count). The van der Waals surface area contributed by atoms with Crippen LogP contribution >= 0.6 is 0 Å². The van der Waals surface area contributed by atoms with E-state index in [1.54, 1.807) is 29.2 Å². The molecule has 0 saturated heterocycles. The van der Waals surface area contributed by atoms with E-state index in [-0.39, 0.29) is 0 Å². The minimum absolute atomic E-state index is 0.666. The summed E-state index contributed by atoms with van der Waals surface area (Å²) in [5.74, 6) is 0.424. The van der Waals surface area contributed by atoms with Crippen LogP contribution in [0.1, 0.15) is 11.1 Å². The molecule has 0 fully saturated rings. The largest absolute Gasteiger partial charge is 0.478 e. The van der Waals surface area contributed by atoms with Gasteiger partial charge in [0.1, 0.15) is 5.75 Å². The number of aryl methyl sites for hydroxylation is 2. The second kappa shape index (κ2) is 5.39. The first-order valence-electron chi connectivity index (χ1n) is 5.73. The Morgan fingerprint density at radius 1 is 1.47 bits per heavy atom. The monoisotopic (exact) mass is 258 g/mol. The van der Waals surface area contributed by atoms with Crippen molar-refractivity contribution in [2.45, 2.75) is 6.92 Å². The Morgan fingerprint density at radius 2 is 2.26 bits per heavy atom. The summed E-state index contributed by atoms with van der Waals surface area (Å²) in [5, 5.41) is 12.6. The highest BCUT2D eigenvalue weighted by atomic mass is 16.5. The summed E-state index contributed by atoms with van der Waals surface area (Å²) in [4.78, 5) is 10.4. The summed E-state index contributed by atoms with van der Waals surface area (Å²) in [6.07, 6.45) is 6.06. The number of aromatic nitrogens is 2. The van der Waals surface area contributed by atoms with Crippen molar-refractivity contribution >= 4 is 12.0 Å². The third-order valence-electron chi connectivity index (χ3n) is 2.53. The van der Waals surface area contributed by atoms with E-state index >= 15 is 0 Å². The average molecular weight is 258 g/mol. The van der Waals surface area contributed by atoms with Gasteiger partial charge in [-0.15, -0.1) is 0 Å². The lowest BCUT2D eigenvalue weighted by molar-refractivity contribution is -0.131. The third kappa shape index (κ3) is 3.45. The Morgan fingerprint density at radius 3 is 2.84 bits per heavy atom. The number of aliphatic carboxylic acids is 1. The number of hydrogen-bond donors (Lipinski definition) is 1. The van der Waals surface area contributed by atoms with Crippen molar-refractivity contribution in [1.82, 2.24) is 9.78 Å². The van der Waals surface area contributed by atoms with Gasteiger partial charge in [0.15, 0.2) is 5.75 Å². The Labute approximate surface area is 110 Å². The third-order valence-corrected chi connectivity index (χ3v) is 2.53. The number of carbonyl (C=O) groups is 1. The second-order valence-electron chi connectivity index (χ2n) is 4.15. The van der Waals surface area contributed by atoms with Crippen LogP contribution in [0, 0.1) is 6.92 Å². The Kier molecular flexibility index (Phi) is 3.66. The molecule has 2 aromatic rings. The molecule has 0 aliphatic rings. The van der Waals surface area contributed by atoms with Gasteiger partial charge in [-0.05, 0) is 36.3 Å². The zero-order valence-electron chi connectivity index (χ0n) is 10.7. The lowest BCUT2D eigenvalue weighted by Gasteiger charge is -2.07. The first-order chi connectivity index (χ1) is 9.04. The molecule has 1 aromatic carbocycles. The van der Waals surface area contributed by atoms with Gasteiger partial charge in [-0.25, -0.2) is 4.79 Å². The van der Waals surface area contributed by atoms with Crippen molar-refractivity contribution in [2.24, 2.45) is 7.05 Å². The fourth-order valence-corrected chi connectivity index (χ4v) is 1.64.